The fourth-order valence-corrected chi connectivity index (χ4v) is 1.62. The van der Waals surface area contributed by atoms with Crippen LogP contribution in [0, 0.1) is 11.7 Å². The Balaban J connectivity index is 2.28. The van der Waals surface area contributed by atoms with Crippen molar-refractivity contribution in [1.82, 2.24) is 14.6 Å². The lowest BCUT2D eigenvalue weighted by Crippen LogP contribution is -2.39. The molecule has 0 aliphatic carbocycles. The van der Waals surface area contributed by atoms with Crippen molar-refractivity contribution >= 4 is 17.5 Å². The van der Waals surface area contributed by atoms with Crippen LogP contribution in [0.25, 0.3) is 5.65 Å². The van der Waals surface area contributed by atoms with Crippen LogP contribution in [-0.4, -0.2) is 26.5 Å². The molecule has 3 N–H and O–H groups in total. The number of fused-ring (bicyclic) bond motifs is 1. The van der Waals surface area contributed by atoms with Crippen molar-refractivity contribution in [3.05, 3.63) is 24.1 Å². The molecule has 0 aliphatic rings. The fourth-order valence-electron chi connectivity index (χ4n) is 1.62. The van der Waals surface area contributed by atoms with Crippen LogP contribution in [0.3, 0.4) is 0 Å². The van der Waals surface area contributed by atoms with Crippen LogP contribution in [0.5, 0.6) is 0 Å². The Morgan fingerprint density at radius 2 is 2.22 bits per heavy atom. The topological polar surface area (TPSA) is 85.3 Å². The molecule has 0 saturated heterocycles. The van der Waals surface area contributed by atoms with Crippen LogP contribution in [0.15, 0.2) is 18.3 Å². The molecule has 1 atom stereocenters. The zero-order valence-electron chi connectivity index (χ0n) is 10.1. The van der Waals surface area contributed by atoms with Gasteiger partial charge < -0.3 is 11.1 Å². The zero-order chi connectivity index (χ0) is 13.3. The maximum atomic E-state index is 13.0. The summed E-state index contributed by atoms with van der Waals surface area (Å²) in [5.41, 5.74) is 5.77. The van der Waals surface area contributed by atoms with Gasteiger partial charge in [-0.2, -0.15) is 4.98 Å². The van der Waals surface area contributed by atoms with Gasteiger partial charge in [-0.3, -0.25) is 4.79 Å². The first kappa shape index (κ1) is 12.3. The molecule has 0 saturated carbocycles. The lowest BCUT2D eigenvalue weighted by Gasteiger charge is -2.17. The lowest BCUT2D eigenvalue weighted by atomic mass is 10.0. The first-order chi connectivity index (χ1) is 8.47. The summed E-state index contributed by atoms with van der Waals surface area (Å²) in [6.45, 7) is 3.72. The Morgan fingerprint density at radius 1 is 1.50 bits per heavy atom. The molecule has 0 aliphatic heterocycles. The van der Waals surface area contributed by atoms with E-state index < -0.39 is 17.8 Å². The van der Waals surface area contributed by atoms with Gasteiger partial charge in [-0.15, -0.1) is 5.10 Å². The van der Waals surface area contributed by atoms with E-state index >= 15 is 0 Å². The largest absolute Gasteiger partial charge is 0.368 e. The van der Waals surface area contributed by atoms with Gasteiger partial charge in [0.2, 0.25) is 11.9 Å². The highest BCUT2D eigenvalue weighted by molar-refractivity contribution is 5.82. The second kappa shape index (κ2) is 4.59. The fraction of sp³-hybridized carbons (Fsp3) is 0.364. The summed E-state index contributed by atoms with van der Waals surface area (Å²) in [4.78, 5) is 15.4. The summed E-state index contributed by atoms with van der Waals surface area (Å²) in [5, 5.41) is 6.87. The molecule has 2 aromatic rings. The van der Waals surface area contributed by atoms with Crippen molar-refractivity contribution in [2.45, 2.75) is 19.9 Å². The highest BCUT2D eigenvalue weighted by atomic mass is 19.1. The number of rotatable bonds is 4. The second-order valence-electron chi connectivity index (χ2n) is 4.35. The molecule has 0 spiro atoms. The number of hydrogen-bond donors (Lipinski definition) is 2. The molecule has 96 valence electrons. The highest BCUT2D eigenvalue weighted by Gasteiger charge is 2.20. The third kappa shape index (κ3) is 2.39. The van der Waals surface area contributed by atoms with E-state index in [9.17, 15) is 9.18 Å². The van der Waals surface area contributed by atoms with Gasteiger partial charge in [-0.1, -0.05) is 13.8 Å². The van der Waals surface area contributed by atoms with E-state index in [1.54, 1.807) is 0 Å². The number of halogens is 1. The molecule has 2 rings (SSSR count). The molecule has 0 fully saturated rings. The second-order valence-corrected chi connectivity index (χ2v) is 4.35. The molecule has 6 nitrogen and oxygen atoms in total. The molecule has 0 bridgehead atoms. The number of nitrogens with two attached hydrogens (primary N) is 1. The predicted octanol–water partition coefficient (Wildman–Crippen LogP) is 0.790. The molecule has 0 radical (unpaired) electrons. The van der Waals surface area contributed by atoms with Crippen LogP contribution in [0.1, 0.15) is 13.8 Å². The number of nitrogens with one attached hydrogen (secondary N) is 1. The van der Waals surface area contributed by atoms with Gasteiger partial charge in [0.15, 0.2) is 5.65 Å². The number of carbonyl (C=O) groups is 1. The van der Waals surface area contributed by atoms with Crippen molar-refractivity contribution in [2.75, 3.05) is 5.32 Å². The van der Waals surface area contributed by atoms with Gasteiger partial charge in [0.05, 0.1) is 6.20 Å². The Hall–Kier alpha value is -2.18. The van der Waals surface area contributed by atoms with Crippen LogP contribution in [0.4, 0.5) is 10.3 Å². The average Bonchev–Trinajstić information content (AvgIpc) is 2.66. The van der Waals surface area contributed by atoms with Gasteiger partial charge in [0.25, 0.3) is 0 Å². The maximum Gasteiger partial charge on any atom is 0.243 e. The first-order valence-corrected chi connectivity index (χ1v) is 5.55. The number of carbonyl (C=O) groups excluding carboxylic acids is 1. The minimum atomic E-state index is -0.563. The normalized spacial score (nSPS) is 12.9. The minimum Gasteiger partial charge on any atom is -0.368 e. The molecule has 7 heteroatoms. The monoisotopic (exact) mass is 251 g/mol. The van der Waals surface area contributed by atoms with Crippen LogP contribution in [0.2, 0.25) is 0 Å². The lowest BCUT2D eigenvalue weighted by molar-refractivity contribution is -0.119. The van der Waals surface area contributed by atoms with E-state index in [2.05, 4.69) is 15.4 Å². The van der Waals surface area contributed by atoms with Crippen molar-refractivity contribution in [2.24, 2.45) is 11.7 Å². The van der Waals surface area contributed by atoms with Crippen molar-refractivity contribution in [1.29, 1.82) is 0 Å². The predicted molar refractivity (Wildman–Crippen MR) is 64.4 cm³/mol. The quantitative estimate of drug-likeness (QED) is 0.841. The van der Waals surface area contributed by atoms with Gasteiger partial charge in [0.1, 0.15) is 11.9 Å². The SMILES string of the molecule is CC(C)C(Nc1nc2ccc(F)cn2n1)C(N)=O. The van der Waals surface area contributed by atoms with Gasteiger partial charge in [-0.05, 0) is 18.1 Å². The van der Waals surface area contributed by atoms with E-state index in [4.69, 9.17) is 5.73 Å². The summed E-state index contributed by atoms with van der Waals surface area (Å²) in [6, 6.07) is 2.23. The van der Waals surface area contributed by atoms with Crippen LogP contribution >= 0.6 is 0 Å². The minimum absolute atomic E-state index is 0.00542. The third-order valence-corrected chi connectivity index (χ3v) is 2.55. The third-order valence-electron chi connectivity index (χ3n) is 2.55. The number of hydrogen-bond acceptors (Lipinski definition) is 4. The maximum absolute atomic E-state index is 13.0. The Bertz CT molecular complexity index is 580. The van der Waals surface area contributed by atoms with Crippen molar-refractivity contribution in [3.8, 4) is 0 Å². The Morgan fingerprint density at radius 3 is 2.83 bits per heavy atom. The average molecular weight is 251 g/mol. The van der Waals surface area contributed by atoms with Crippen molar-refractivity contribution in [3.63, 3.8) is 0 Å². The number of anilines is 1. The van der Waals surface area contributed by atoms with Gasteiger partial charge >= 0.3 is 0 Å². The molecular weight excluding hydrogens is 237 g/mol. The first-order valence-electron chi connectivity index (χ1n) is 5.55. The summed E-state index contributed by atoms with van der Waals surface area (Å²) in [5.74, 6) is -0.631. The van der Waals surface area contributed by atoms with E-state index in [1.165, 1.54) is 22.8 Å². The summed E-state index contributed by atoms with van der Waals surface area (Å²) in [7, 11) is 0. The van der Waals surface area contributed by atoms with Gasteiger partial charge in [0, 0.05) is 0 Å². The molecule has 2 heterocycles. The van der Waals surface area contributed by atoms with E-state index in [-0.39, 0.29) is 11.9 Å². The molecular formula is C11H14FN5O. The summed E-state index contributed by atoms with van der Waals surface area (Å²) < 4.78 is 14.3. The molecule has 2 aromatic heterocycles. The molecule has 1 amide bonds. The number of aromatic nitrogens is 3. The number of pyridine rings is 1. The Labute approximate surface area is 103 Å². The standard InChI is InChI=1S/C11H14FN5O/c1-6(2)9(10(13)18)15-11-14-8-4-3-7(12)5-17(8)16-11/h3-6,9H,1-2H3,(H2,13,18)(H,15,16). The van der Waals surface area contributed by atoms with Crippen LogP contribution in [-0.2, 0) is 4.79 Å². The molecule has 1 unspecified atom stereocenters. The van der Waals surface area contributed by atoms with Gasteiger partial charge in [-0.25, -0.2) is 8.91 Å². The molecule has 0 aromatic carbocycles. The Kier molecular flexibility index (Phi) is 3.14. The summed E-state index contributed by atoms with van der Waals surface area (Å²) in [6.07, 6.45) is 1.21. The number of amides is 1. The van der Waals surface area contributed by atoms with Crippen molar-refractivity contribution < 1.29 is 9.18 Å². The summed E-state index contributed by atoms with van der Waals surface area (Å²) >= 11 is 0. The smallest absolute Gasteiger partial charge is 0.243 e. The zero-order valence-corrected chi connectivity index (χ0v) is 10.1. The number of primary amides is 1. The number of nitrogens with zero attached hydrogens (tertiary/aromatic N) is 3. The van der Waals surface area contributed by atoms with E-state index in [0.29, 0.717) is 5.65 Å². The van der Waals surface area contributed by atoms with Crippen LogP contribution < -0.4 is 11.1 Å². The van der Waals surface area contributed by atoms with E-state index in [0.717, 1.165) is 0 Å². The van der Waals surface area contributed by atoms with E-state index in [1.807, 2.05) is 13.8 Å². The molecule has 18 heavy (non-hydrogen) atoms. The highest BCUT2D eigenvalue weighted by Crippen LogP contribution is 2.11.